The molecule has 22 heavy (non-hydrogen) atoms. The molecule has 0 spiro atoms. The van der Waals surface area contributed by atoms with Gasteiger partial charge in [-0.05, 0) is 31.5 Å². The molecule has 2 aromatic rings. The number of carboxylic acids is 2. The van der Waals surface area contributed by atoms with Gasteiger partial charge in [-0.25, -0.2) is 9.59 Å². The maximum absolute atomic E-state index is 9.10. The van der Waals surface area contributed by atoms with E-state index in [0.717, 1.165) is 24.6 Å². The molecule has 1 heterocycles. The van der Waals surface area contributed by atoms with Crippen molar-refractivity contribution in [2.45, 2.75) is 26.9 Å². The van der Waals surface area contributed by atoms with Crippen molar-refractivity contribution in [2.24, 2.45) is 0 Å². The number of hydrogen-bond acceptors (Lipinski definition) is 4. The highest BCUT2D eigenvalue weighted by Gasteiger charge is 2.04. The van der Waals surface area contributed by atoms with Crippen molar-refractivity contribution < 1.29 is 24.2 Å². The topological polar surface area (TPSA) is 99.8 Å². The molecule has 1 aromatic heterocycles. The lowest BCUT2D eigenvalue weighted by Crippen LogP contribution is -2.11. The predicted molar refractivity (Wildman–Crippen MR) is 80.4 cm³/mol. The zero-order valence-corrected chi connectivity index (χ0v) is 12.5. The van der Waals surface area contributed by atoms with Gasteiger partial charge in [-0.2, -0.15) is 0 Å². The van der Waals surface area contributed by atoms with E-state index in [0.29, 0.717) is 0 Å². The zero-order valence-electron chi connectivity index (χ0n) is 12.5. The smallest absolute Gasteiger partial charge is 0.414 e. The van der Waals surface area contributed by atoms with Crippen LogP contribution in [0.3, 0.4) is 0 Å². The van der Waals surface area contributed by atoms with E-state index in [1.807, 2.05) is 19.1 Å². The first-order valence-electron chi connectivity index (χ1n) is 6.66. The minimum absolute atomic E-state index is 0.779. The van der Waals surface area contributed by atoms with Gasteiger partial charge in [0, 0.05) is 6.54 Å². The third-order valence-electron chi connectivity index (χ3n) is 2.73. The number of rotatable bonds is 4. The van der Waals surface area contributed by atoms with E-state index < -0.39 is 11.9 Å². The van der Waals surface area contributed by atoms with Gasteiger partial charge in [0.2, 0.25) is 0 Å². The molecular formula is C16H19NO5. The van der Waals surface area contributed by atoms with Gasteiger partial charge in [0.1, 0.15) is 11.5 Å². The first kappa shape index (κ1) is 17.5. The Hall–Kier alpha value is -2.60. The fourth-order valence-electron chi connectivity index (χ4n) is 1.62. The Bertz CT molecular complexity index is 604. The Labute approximate surface area is 128 Å². The van der Waals surface area contributed by atoms with Crippen LogP contribution in [-0.4, -0.2) is 22.2 Å². The van der Waals surface area contributed by atoms with E-state index >= 15 is 0 Å². The normalized spacial score (nSPS) is 9.73. The lowest BCUT2D eigenvalue weighted by molar-refractivity contribution is -0.159. The Morgan fingerprint density at radius 3 is 2.00 bits per heavy atom. The van der Waals surface area contributed by atoms with E-state index in [4.69, 9.17) is 24.2 Å². The Kier molecular flexibility index (Phi) is 6.85. The minimum Gasteiger partial charge on any atom is -0.473 e. The highest BCUT2D eigenvalue weighted by molar-refractivity contribution is 6.27. The second kappa shape index (κ2) is 8.63. The molecule has 6 nitrogen and oxygen atoms in total. The summed E-state index contributed by atoms with van der Waals surface area (Å²) in [6.45, 7) is 5.72. The van der Waals surface area contributed by atoms with Gasteiger partial charge >= 0.3 is 11.9 Å². The number of hydrogen-bond donors (Lipinski definition) is 3. The van der Waals surface area contributed by atoms with Crippen molar-refractivity contribution in [3.8, 4) is 0 Å². The van der Waals surface area contributed by atoms with Gasteiger partial charge in [0.15, 0.2) is 0 Å². The van der Waals surface area contributed by atoms with E-state index in [-0.39, 0.29) is 0 Å². The molecule has 118 valence electrons. The number of aliphatic carboxylic acids is 2. The molecule has 0 atom stereocenters. The maximum Gasteiger partial charge on any atom is 0.414 e. The number of nitrogens with one attached hydrogen (secondary N) is 1. The molecule has 2 rings (SSSR count). The molecule has 0 amide bonds. The van der Waals surface area contributed by atoms with E-state index in [1.54, 1.807) is 0 Å². The first-order valence-corrected chi connectivity index (χ1v) is 6.66. The van der Waals surface area contributed by atoms with Gasteiger partial charge < -0.3 is 19.9 Å². The number of furan rings is 1. The molecule has 0 radical (unpaired) electrons. The summed E-state index contributed by atoms with van der Waals surface area (Å²) in [6, 6.07) is 12.6. The Balaban J connectivity index is 0.000000346. The zero-order chi connectivity index (χ0) is 16.5. The lowest BCUT2D eigenvalue weighted by Gasteiger charge is -2.03. The minimum atomic E-state index is -1.82. The summed E-state index contributed by atoms with van der Waals surface area (Å²) >= 11 is 0. The van der Waals surface area contributed by atoms with Crippen molar-refractivity contribution in [3.05, 3.63) is 59.0 Å². The molecule has 0 bridgehead atoms. The monoisotopic (exact) mass is 305 g/mol. The van der Waals surface area contributed by atoms with Crippen LogP contribution in [0.2, 0.25) is 0 Å². The van der Waals surface area contributed by atoms with Crippen LogP contribution in [0.4, 0.5) is 0 Å². The number of aryl methyl sites for hydroxylation is 2. The van der Waals surface area contributed by atoms with E-state index in [1.165, 1.54) is 11.1 Å². The standard InChI is InChI=1S/C14H17NO.C2H2O4/c1-11-3-6-13(7-4-11)9-15-10-14-8-5-12(2)16-14;3-1(4)2(5)6/h3-8,15H,9-10H2,1-2H3;(H,3,4)(H,5,6). The molecule has 0 fully saturated rings. The fraction of sp³-hybridized carbons (Fsp3) is 0.250. The highest BCUT2D eigenvalue weighted by Crippen LogP contribution is 2.07. The van der Waals surface area contributed by atoms with Gasteiger partial charge in [-0.1, -0.05) is 29.8 Å². The molecule has 6 heteroatoms. The molecular weight excluding hydrogens is 286 g/mol. The first-order chi connectivity index (χ1) is 10.4. The summed E-state index contributed by atoms with van der Waals surface area (Å²) in [7, 11) is 0. The van der Waals surface area contributed by atoms with Crippen molar-refractivity contribution in [1.29, 1.82) is 0 Å². The molecule has 0 aliphatic rings. The van der Waals surface area contributed by atoms with Crippen LogP contribution >= 0.6 is 0 Å². The molecule has 0 aliphatic carbocycles. The van der Waals surface area contributed by atoms with Gasteiger partial charge in [-0.3, -0.25) is 0 Å². The average molecular weight is 305 g/mol. The third-order valence-corrected chi connectivity index (χ3v) is 2.73. The van der Waals surface area contributed by atoms with Crippen molar-refractivity contribution in [1.82, 2.24) is 5.32 Å². The average Bonchev–Trinajstić information content (AvgIpc) is 2.87. The van der Waals surface area contributed by atoms with Crippen LogP contribution in [0, 0.1) is 13.8 Å². The van der Waals surface area contributed by atoms with Gasteiger partial charge in [0.25, 0.3) is 0 Å². The SMILES string of the molecule is Cc1ccc(CNCc2ccc(C)o2)cc1.O=C(O)C(=O)O. The third kappa shape index (κ3) is 6.71. The summed E-state index contributed by atoms with van der Waals surface area (Å²) < 4.78 is 5.48. The molecule has 0 saturated heterocycles. The van der Waals surface area contributed by atoms with E-state index in [9.17, 15) is 0 Å². The molecule has 0 saturated carbocycles. The van der Waals surface area contributed by atoms with Crippen LogP contribution in [0.5, 0.6) is 0 Å². The van der Waals surface area contributed by atoms with Crippen molar-refractivity contribution >= 4 is 11.9 Å². The molecule has 0 unspecified atom stereocenters. The summed E-state index contributed by atoms with van der Waals surface area (Å²) in [6.07, 6.45) is 0. The van der Waals surface area contributed by atoms with E-state index in [2.05, 4.69) is 36.5 Å². The van der Waals surface area contributed by atoms with Crippen molar-refractivity contribution in [3.63, 3.8) is 0 Å². The van der Waals surface area contributed by atoms with Crippen LogP contribution in [0.1, 0.15) is 22.6 Å². The van der Waals surface area contributed by atoms with Crippen LogP contribution in [0.25, 0.3) is 0 Å². The number of carbonyl (C=O) groups is 2. The van der Waals surface area contributed by atoms with Crippen LogP contribution in [-0.2, 0) is 22.7 Å². The fourth-order valence-corrected chi connectivity index (χ4v) is 1.62. The Morgan fingerprint density at radius 1 is 0.955 bits per heavy atom. The van der Waals surface area contributed by atoms with Gasteiger partial charge in [0.05, 0.1) is 6.54 Å². The summed E-state index contributed by atoms with van der Waals surface area (Å²) in [5, 5.41) is 18.1. The number of carboxylic acid groups (broad SMARTS) is 2. The summed E-state index contributed by atoms with van der Waals surface area (Å²) in [5.74, 6) is -1.69. The molecule has 3 N–H and O–H groups in total. The highest BCUT2D eigenvalue weighted by atomic mass is 16.4. The predicted octanol–water partition coefficient (Wildman–Crippen LogP) is 2.34. The van der Waals surface area contributed by atoms with Gasteiger partial charge in [-0.15, -0.1) is 0 Å². The second-order valence-electron chi connectivity index (χ2n) is 4.71. The molecule has 1 aromatic carbocycles. The second-order valence-corrected chi connectivity index (χ2v) is 4.71. The van der Waals surface area contributed by atoms with Crippen molar-refractivity contribution in [2.75, 3.05) is 0 Å². The quantitative estimate of drug-likeness (QED) is 0.750. The lowest BCUT2D eigenvalue weighted by atomic mass is 10.1. The largest absolute Gasteiger partial charge is 0.473 e. The summed E-state index contributed by atoms with van der Waals surface area (Å²) in [5.41, 5.74) is 2.60. The number of benzene rings is 1. The summed E-state index contributed by atoms with van der Waals surface area (Å²) in [4.78, 5) is 18.2. The maximum atomic E-state index is 9.10. The van der Waals surface area contributed by atoms with Crippen LogP contribution < -0.4 is 5.32 Å². The molecule has 0 aliphatic heterocycles. The Morgan fingerprint density at radius 2 is 1.55 bits per heavy atom. The van der Waals surface area contributed by atoms with Crippen LogP contribution in [0.15, 0.2) is 40.8 Å².